The van der Waals surface area contributed by atoms with E-state index in [-0.39, 0.29) is 11.8 Å². The third-order valence-corrected chi connectivity index (χ3v) is 4.30. The molecule has 0 unspecified atom stereocenters. The molecule has 1 atom stereocenters. The van der Waals surface area contributed by atoms with Crippen LogP contribution >= 0.6 is 0 Å². The van der Waals surface area contributed by atoms with Gasteiger partial charge >= 0.3 is 0 Å². The van der Waals surface area contributed by atoms with E-state index in [0.717, 1.165) is 48.5 Å². The summed E-state index contributed by atoms with van der Waals surface area (Å²) in [5.74, 6) is 1.94. The molecule has 1 N–H and O–H groups in total. The molecule has 0 aliphatic carbocycles. The van der Waals surface area contributed by atoms with Crippen molar-refractivity contribution in [3.05, 3.63) is 12.0 Å². The normalized spacial score (nSPS) is 17.9. The minimum Gasteiger partial charge on any atom is -0.356 e. The fourth-order valence-electron chi connectivity index (χ4n) is 3.11. The lowest BCUT2D eigenvalue weighted by atomic mass is 10.1. The lowest BCUT2D eigenvalue weighted by Crippen LogP contribution is -2.32. The standard InChI is InChI=1S/C16H24N6O/c1-4-6-13-19-14-12(9-18-21(14)3)15(20-13)22-8-7-11(10-22)16(23)17-5-2/h9,11H,4-8,10H2,1-3H3,(H,17,23)/t11-/m0/s1. The average Bonchev–Trinajstić information content (AvgIpc) is 3.15. The van der Waals surface area contributed by atoms with E-state index in [1.165, 1.54) is 0 Å². The zero-order valence-corrected chi connectivity index (χ0v) is 14.0. The van der Waals surface area contributed by atoms with Crippen molar-refractivity contribution in [3.8, 4) is 0 Å². The van der Waals surface area contributed by atoms with Gasteiger partial charge in [-0.15, -0.1) is 0 Å². The molecule has 124 valence electrons. The van der Waals surface area contributed by atoms with Crippen molar-refractivity contribution in [3.63, 3.8) is 0 Å². The fraction of sp³-hybridized carbons (Fsp3) is 0.625. The van der Waals surface area contributed by atoms with Gasteiger partial charge in [0.25, 0.3) is 0 Å². The van der Waals surface area contributed by atoms with Gasteiger partial charge in [0.1, 0.15) is 11.6 Å². The number of fused-ring (bicyclic) bond motifs is 1. The molecule has 0 saturated carbocycles. The molecule has 7 nitrogen and oxygen atoms in total. The van der Waals surface area contributed by atoms with Gasteiger partial charge in [-0.25, -0.2) is 9.97 Å². The van der Waals surface area contributed by atoms with Crippen LogP contribution in [0, 0.1) is 5.92 Å². The van der Waals surface area contributed by atoms with E-state index in [2.05, 4.69) is 27.2 Å². The van der Waals surface area contributed by atoms with Crippen LogP contribution in [0.15, 0.2) is 6.20 Å². The third kappa shape index (κ3) is 3.00. The summed E-state index contributed by atoms with van der Waals surface area (Å²) in [5, 5.41) is 8.20. The number of rotatable bonds is 5. The van der Waals surface area contributed by atoms with Gasteiger partial charge in [0, 0.05) is 33.1 Å². The molecule has 1 aliphatic rings. The molecular weight excluding hydrogens is 292 g/mol. The van der Waals surface area contributed by atoms with Crippen molar-refractivity contribution in [1.29, 1.82) is 0 Å². The summed E-state index contributed by atoms with van der Waals surface area (Å²) in [7, 11) is 1.90. The van der Waals surface area contributed by atoms with Crippen LogP contribution in [0.4, 0.5) is 5.82 Å². The minimum absolute atomic E-state index is 0.0336. The van der Waals surface area contributed by atoms with Gasteiger partial charge in [-0.3, -0.25) is 9.48 Å². The Bertz CT molecular complexity index is 710. The van der Waals surface area contributed by atoms with Gasteiger partial charge < -0.3 is 10.2 Å². The maximum atomic E-state index is 12.1. The summed E-state index contributed by atoms with van der Waals surface area (Å²) in [5.41, 5.74) is 0.861. The first-order valence-electron chi connectivity index (χ1n) is 8.35. The molecule has 23 heavy (non-hydrogen) atoms. The Morgan fingerprint density at radius 3 is 2.96 bits per heavy atom. The van der Waals surface area contributed by atoms with Gasteiger partial charge in [-0.2, -0.15) is 5.10 Å². The zero-order valence-electron chi connectivity index (χ0n) is 14.0. The van der Waals surface area contributed by atoms with Crippen LogP contribution < -0.4 is 10.2 Å². The van der Waals surface area contributed by atoms with Crippen molar-refractivity contribution >= 4 is 22.8 Å². The van der Waals surface area contributed by atoms with Crippen LogP contribution in [-0.2, 0) is 18.3 Å². The second kappa shape index (κ2) is 6.52. The monoisotopic (exact) mass is 316 g/mol. The van der Waals surface area contributed by atoms with Gasteiger partial charge in [0.2, 0.25) is 5.91 Å². The molecule has 1 aliphatic heterocycles. The number of aryl methyl sites for hydroxylation is 2. The summed E-state index contributed by atoms with van der Waals surface area (Å²) in [6.45, 7) is 6.30. The second-order valence-electron chi connectivity index (χ2n) is 6.05. The quantitative estimate of drug-likeness (QED) is 0.899. The SMILES string of the molecule is CCCc1nc(N2CC[C@H](C(=O)NCC)C2)c2cnn(C)c2n1. The molecule has 3 rings (SSSR count). The second-order valence-corrected chi connectivity index (χ2v) is 6.05. The number of hydrogen-bond donors (Lipinski definition) is 1. The summed E-state index contributed by atoms with van der Waals surface area (Å²) < 4.78 is 1.79. The Morgan fingerprint density at radius 1 is 1.39 bits per heavy atom. The molecule has 0 spiro atoms. The highest BCUT2D eigenvalue weighted by atomic mass is 16.1. The maximum absolute atomic E-state index is 12.1. The first-order valence-corrected chi connectivity index (χ1v) is 8.35. The van der Waals surface area contributed by atoms with Gasteiger partial charge in [-0.05, 0) is 19.8 Å². The topological polar surface area (TPSA) is 75.9 Å². The summed E-state index contributed by atoms with van der Waals surface area (Å²) in [4.78, 5) is 23.7. The van der Waals surface area contributed by atoms with E-state index in [4.69, 9.17) is 4.98 Å². The van der Waals surface area contributed by atoms with Crippen LogP contribution in [0.5, 0.6) is 0 Å². The number of amides is 1. The Balaban J connectivity index is 1.91. The molecule has 1 saturated heterocycles. The van der Waals surface area contributed by atoms with E-state index in [1.807, 2.05) is 20.2 Å². The number of nitrogens with zero attached hydrogens (tertiary/aromatic N) is 5. The summed E-state index contributed by atoms with van der Waals surface area (Å²) in [6, 6.07) is 0. The number of nitrogens with one attached hydrogen (secondary N) is 1. The van der Waals surface area contributed by atoms with Crippen LogP contribution in [0.2, 0.25) is 0 Å². The smallest absolute Gasteiger partial charge is 0.224 e. The van der Waals surface area contributed by atoms with E-state index < -0.39 is 0 Å². The zero-order chi connectivity index (χ0) is 16.4. The molecule has 2 aromatic heterocycles. The number of anilines is 1. The van der Waals surface area contributed by atoms with Gasteiger partial charge in [0.15, 0.2) is 5.65 Å². The minimum atomic E-state index is 0.0336. The van der Waals surface area contributed by atoms with Crippen molar-refractivity contribution in [2.75, 3.05) is 24.5 Å². The van der Waals surface area contributed by atoms with E-state index >= 15 is 0 Å². The van der Waals surface area contributed by atoms with Crippen molar-refractivity contribution in [1.82, 2.24) is 25.1 Å². The van der Waals surface area contributed by atoms with E-state index in [9.17, 15) is 4.79 Å². The van der Waals surface area contributed by atoms with Crippen molar-refractivity contribution in [2.45, 2.75) is 33.1 Å². The largest absolute Gasteiger partial charge is 0.356 e. The van der Waals surface area contributed by atoms with Crippen LogP contribution in [0.3, 0.4) is 0 Å². The third-order valence-electron chi connectivity index (χ3n) is 4.30. The van der Waals surface area contributed by atoms with Crippen LogP contribution in [0.25, 0.3) is 11.0 Å². The Labute approximate surface area is 136 Å². The number of hydrogen-bond acceptors (Lipinski definition) is 5. The highest BCUT2D eigenvalue weighted by Crippen LogP contribution is 2.28. The fourth-order valence-corrected chi connectivity index (χ4v) is 3.11. The summed E-state index contributed by atoms with van der Waals surface area (Å²) >= 11 is 0. The number of aromatic nitrogens is 4. The van der Waals surface area contributed by atoms with Gasteiger partial charge in [0.05, 0.1) is 17.5 Å². The predicted molar refractivity (Wildman–Crippen MR) is 89.3 cm³/mol. The molecule has 1 fully saturated rings. The van der Waals surface area contributed by atoms with Crippen LogP contribution in [-0.4, -0.2) is 45.3 Å². The van der Waals surface area contributed by atoms with Crippen molar-refractivity contribution in [2.24, 2.45) is 13.0 Å². The van der Waals surface area contributed by atoms with E-state index in [1.54, 1.807) is 4.68 Å². The molecule has 0 bridgehead atoms. The highest BCUT2D eigenvalue weighted by molar-refractivity contribution is 5.88. The predicted octanol–water partition coefficient (Wildman–Crippen LogP) is 1.28. The average molecular weight is 316 g/mol. The molecular formula is C16H24N6O. The number of carbonyl (C=O) groups is 1. The van der Waals surface area contributed by atoms with Gasteiger partial charge in [-0.1, -0.05) is 6.92 Å². The molecule has 7 heteroatoms. The lowest BCUT2D eigenvalue weighted by molar-refractivity contribution is -0.124. The number of carbonyl (C=O) groups excluding carboxylic acids is 1. The van der Waals surface area contributed by atoms with Crippen LogP contribution in [0.1, 0.15) is 32.5 Å². The summed E-state index contributed by atoms with van der Waals surface area (Å²) in [6.07, 6.45) is 4.53. The first-order chi connectivity index (χ1) is 11.1. The molecule has 1 amide bonds. The molecule has 0 aromatic carbocycles. The Morgan fingerprint density at radius 2 is 2.22 bits per heavy atom. The lowest BCUT2D eigenvalue weighted by Gasteiger charge is -2.19. The Hall–Kier alpha value is -2.18. The first kappa shape index (κ1) is 15.7. The van der Waals surface area contributed by atoms with E-state index in [0.29, 0.717) is 13.1 Å². The molecule has 0 radical (unpaired) electrons. The molecule has 2 aromatic rings. The highest BCUT2D eigenvalue weighted by Gasteiger charge is 2.30. The van der Waals surface area contributed by atoms with Crippen molar-refractivity contribution < 1.29 is 4.79 Å². The maximum Gasteiger partial charge on any atom is 0.224 e. The Kier molecular flexibility index (Phi) is 4.45. The molecule has 3 heterocycles.